The summed E-state index contributed by atoms with van der Waals surface area (Å²) in [7, 11) is 0. The summed E-state index contributed by atoms with van der Waals surface area (Å²) in [6, 6.07) is -0.445. The molecular formula is C24H29BrCl3N5O8. The van der Waals surface area contributed by atoms with E-state index in [4.69, 9.17) is 58.5 Å². The number of rotatable bonds is 4. The molecule has 0 unspecified atom stereocenters. The van der Waals surface area contributed by atoms with E-state index >= 15 is 0 Å². The van der Waals surface area contributed by atoms with Gasteiger partial charge in [-0.1, -0.05) is 34.8 Å². The van der Waals surface area contributed by atoms with Gasteiger partial charge in [0.2, 0.25) is 0 Å². The van der Waals surface area contributed by atoms with Crippen LogP contribution in [0, 0.1) is 5.92 Å². The van der Waals surface area contributed by atoms with E-state index in [-0.39, 0.29) is 35.8 Å². The van der Waals surface area contributed by atoms with Crippen molar-refractivity contribution in [2.24, 2.45) is 10.9 Å². The number of aliphatic hydroxyl groups is 2. The lowest BCUT2D eigenvalue weighted by molar-refractivity contribution is -0.200. The molecule has 0 aromatic carbocycles. The number of aliphatic hydroxyl groups excluding tert-OH is 2. The van der Waals surface area contributed by atoms with Gasteiger partial charge < -0.3 is 38.5 Å². The first-order chi connectivity index (χ1) is 19.1. The van der Waals surface area contributed by atoms with Crippen molar-refractivity contribution in [2.75, 3.05) is 13.2 Å². The highest BCUT2D eigenvalue weighted by Crippen LogP contribution is 2.47. The molecule has 4 fully saturated rings. The number of alkyl halides is 3. The van der Waals surface area contributed by atoms with Crippen LogP contribution in [0.2, 0.25) is 0 Å². The van der Waals surface area contributed by atoms with Gasteiger partial charge >= 0.3 is 0 Å². The molecule has 2 N–H and O–H groups in total. The minimum atomic E-state index is -2.33. The third-order valence-electron chi connectivity index (χ3n) is 7.76. The van der Waals surface area contributed by atoms with Crippen molar-refractivity contribution in [2.45, 2.75) is 92.3 Å². The molecule has 0 bridgehead atoms. The first kappa shape index (κ1) is 30.1. The number of imidazole rings is 1. The van der Waals surface area contributed by atoms with Crippen LogP contribution in [0.15, 0.2) is 16.1 Å². The maximum absolute atomic E-state index is 12.9. The molecule has 8 atom stereocenters. The number of carbonyl (C=O) groups excluding carboxylic acids is 1. The summed E-state index contributed by atoms with van der Waals surface area (Å²) in [6.45, 7) is 6.74. The van der Waals surface area contributed by atoms with Gasteiger partial charge in [0.25, 0.3) is 9.70 Å². The number of hydrogen-bond acceptors (Lipinski definition) is 10. The van der Waals surface area contributed by atoms with Crippen LogP contribution in [-0.2, 0) is 28.5 Å². The number of fused-ring (bicyclic) bond motifs is 3. The van der Waals surface area contributed by atoms with Crippen LogP contribution in [0.1, 0.15) is 46.4 Å². The molecule has 1 saturated carbocycles. The molecule has 17 heteroatoms. The van der Waals surface area contributed by atoms with E-state index in [0.29, 0.717) is 11.2 Å². The van der Waals surface area contributed by atoms with Crippen molar-refractivity contribution < 1.29 is 38.7 Å². The summed E-state index contributed by atoms with van der Waals surface area (Å²) in [5.74, 6) is -3.05. The second-order valence-electron chi connectivity index (χ2n) is 11.4. The molecular weight excluding hydrogens is 673 g/mol. The second-order valence-corrected chi connectivity index (χ2v) is 14.4. The molecule has 1 aliphatic carbocycles. The monoisotopic (exact) mass is 699 g/mol. The second kappa shape index (κ2) is 10.3. The Kier molecular flexibility index (Phi) is 7.59. The van der Waals surface area contributed by atoms with Gasteiger partial charge in [-0.2, -0.15) is 4.99 Å². The third-order valence-corrected chi connectivity index (χ3v) is 8.80. The Hall–Kier alpha value is -0.910. The van der Waals surface area contributed by atoms with E-state index < -0.39 is 64.1 Å². The van der Waals surface area contributed by atoms with Crippen LogP contribution in [0.25, 0.3) is 11.2 Å². The highest BCUT2D eigenvalue weighted by Gasteiger charge is 2.57. The maximum atomic E-state index is 12.9. The van der Waals surface area contributed by atoms with Crippen LogP contribution in [0.4, 0.5) is 0 Å². The first-order valence-electron chi connectivity index (χ1n) is 13.0. The van der Waals surface area contributed by atoms with Crippen LogP contribution in [-0.4, -0.2) is 94.3 Å². The van der Waals surface area contributed by atoms with E-state index in [9.17, 15) is 15.0 Å². The molecule has 6 rings (SSSR count). The number of aromatic nitrogens is 4. The molecule has 13 nitrogen and oxygen atoms in total. The zero-order valence-electron chi connectivity index (χ0n) is 22.4. The smallest absolute Gasteiger partial charge is 0.299 e. The van der Waals surface area contributed by atoms with E-state index in [1.807, 2.05) is 0 Å². The Morgan fingerprint density at radius 1 is 1.07 bits per heavy atom. The van der Waals surface area contributed by atoms with Gasteiger partial charge in [-0.25, -0.2) is 9.97 Å². The summed E-state index contributed by atoms with van der Waals surface area (Å²) in [5, 5.41) is 20.1. The Morgan fingerprint density at radius 3 is 2.34 bits per heavy atom. The van der Waals surface area contributed by atoms with E-state index in [1.165, 1.54) is 6.33 Å². The Morgan fingerprint density at radius 2 is 1.71 bits per heavy atom. The SMILES string of the molecule is CC1(C)O[C@@H]2[C@@H](CO)C[C@@H](n3cnc4c(nc(Br)n4[C@@H]4O[C@H](CO)[C@H]5OC(C)(C)O[C@H]54)c3=NC(=O)C(Cl)(Cl)Cl)[C@@H]2O1. The van der Waals surface area contributed by atoms with Crippen molar-refractivity contribution in [1.82, 2.24) is 19.1 Å². The molecule has 1 amide bonds. The number of carbonyl (C=O) groups is 1. The van der Waals surface area contributed by atoms with E-state index in [1.54, 1.807) is 36.8 Å². The number of amides is 1. The fourth-order valence-corrected chi connectivity index (χ4v) is 6.90. The molecule has 0 spiro atoms. The fraction of sp³-hybridized carbons (Fsp3) is 0.750. The lowest BCUT2D eigenvalue weighted by atomic mass is 10.1. The Balaban J connectivity index is 1.51. The summed E-state index contributed by atoms with van der Waals surface area (Å²) in [5.41, 5.74) is 0.560. The van der Waals surface area contributed by atoms with Crippen molar-refractivity contribution in [3.8, 4) is 0 Å². The van der Waals surface area contributed by atoms with Crippen molar-refractivity contribution in [1.29, 1.82) is 0 Å². The van der Waals surface area contributed by atoms with Crippen molar-refractivity contribution in [3.63, 3.8) is 0 Å². The summed E-state index contributed by atoms with van der Waals surface area (Å²) < 4.78 is 31.8. The first-order valence-corrected chi connectivity index (χ1v) is 15.0. The average molecular weight is 702 g/mol. The molecule has 0 radical (unpaired) electrons. The molecule has 2 aromatic heterocycles. The lowest BCUT2D eigenvalue weighted by Crippen LogP contribution is -2.36. The maximum Gasteiger partial charge on any atom is 0.299 e. The summed E-state index contributed by atoms with van der Waals surface area (Å²) in [4.78, 5) is 26.5. The number of ether oxygens (including phenoxy) is 5. The Labute approximate surface area is 257 Å². The van der Waals surface area contributed by atoms with E-state index in [0.717, 1.165) is 0 Å². The van der Waals surface area contributed by atoms with Crippen molar-refractivity contribution >= 4 is 67.8 Å². The van der Waals surface area contributed by atoms with Gasteiger partial charge in [0.15, 0.2) is 39.2 Å². The molecule has 3 aliphatic heterocycles. The molecule has 41 heavy (non-hydrogen) atoms. The van der Waals surface area contributed by atoms with Crippen LogP contribution in [0.3, 0.4) is 0 Å². The zero-order chi connectivity index (χ0) is 29.6. The minimum absolute atomic E-state index is 0.0681. The third kappa shape index (κ3) is 5.16. The predicted octanol–water partition coefficient (Wildman–Crippen LogP) is 2.28. The molecule has 4 aliphatic rings. The van der Waals surface area contributed by atoms with Gasteiger partial charge in [0.1, 0.15) is 24.4 Å². The summed E-state index contributed by atoms with van der Waals surface area (Å²) >= 11 is 21.2. The standard InChI is InChI=1S/C24H29BrCl3N5O8/c1-22(2)38-13-9(6-34)5-10(14(13)39-22)32-8-29-17-12(18(32)31-20(36)24(26,27)28)30-21(25)33(17)19-16-15(11(7-35)37-19)40-23(3,4)41-16/h8-11,13-16,19,34-35H,5-7H2,1-4H3/t9-,10-,11-,13-,14+,15-,16-,19-/m1/s1. The Bertz CT molecular complexity index is 1440. The molecule has 226 valence electrons. The highest BCUT2D eigenvalue weighted by atomic mass is 79.9. The van der Waals surface area contributed by atoms with Crippen LogP contribution in [0.5, 0.6) is 0 Å². The van der Waals surface area contributed by atoms with Crippen LogP contribution < -0.4 is 5.49 Å². The largest absolute Gasteiger partial charge is 0.396 e. The quantitative estimate of drug-likeness (QED) is 0.359. The van der Waals surface area contributed by atoms with Gasteiger partial charge in [-0.3, -0.25) is 9.36 Å². The predicted molar refractivity (Wildman–Crippen MR) is 147 cm³/mol. The minimum Gasteiger partial charge on any atom is -0.396 e. The average Bonchev–Trinajstić information content (AvgIpc) is 3.62. The van der Waals surface area contributed by atoms with Gasteiger partial charge in [0, 0.05) is 12.5 Å². The molecule has 5 heterocycles. The van der Waals surface area contributed by atoms with Gasteiger partial charge in [-0.05, 0) is 50.0 Å². The van der Waals surface area contributed by atoms with Gasteiger partial charge in [0.05, 0.1) is 25.1 Å². The molecule has 2 aromatic rings. The topological polar surface area (TPSA) is 152 Å². The zero-order valence-corrected chi connectivity index (χ0v) is 26.3. The van der Waals surface area contributed by atoms with Gasteiger partial charge in [-0.15, -0.1) is 0 Å². The van der Waals surface area contributed by atoms with Crippen LogP contribution >= 0.6 is 50.7 Å². The normalized spacial score (nSPS) is 36.3. The molecule has 3 saturated heterocycles. The summed E-state index contributed by atoms with van der Waals surface area (Å²) in [6.07, 6.45) is -1.52. The van der Waals surface area contributed by atoms with Crippen molar-refractivity contribution in [3.05, 3.63) is 16.5 Å². The highest BCUT2D eigenvalue weighted by molar-refractivity contribution is 9.10. The number of halogens is 4. The lowest BCUT2D eigenvalue weighted by Gasteiger charge is -2.25. The number of nitrogens with zero attached hydrogens (tertiary/aromatic N) is 5. The number of hydrogen-bond donors (Lipinski definition) is 2. The van der Waals surface area contributed by atoms with E-state index in [2.05, 4.69) is 30.9 Å². The fourth-order valence-electron chi connectivity index (χ4n) is 6.23.